The van der Waals surface area contributed by atoms with Crippen LogP contribution in [0, 0.1) is 5.82 Å². The first-order chi connectivity index (χ1) is 10.5. The number of hydrogen-bond acceptors (Lipinski definition) is 3. The van der Waals surface area contributed by atoms with Crippen LogP contribution >= 0.6 is 11.6 Å². The van der Waals surface area contributed by atoms with Crippen molar-refractivity contribution < 1.29 is 18.7 Å². The molecule has 2 aromatic carbocycles. The van der Waals surface area contributed by atoms with Crippen LogP contribution in [0.15, 0.2) is 36.4 Å². The molecule has 0 radical (unpaired) electrons. The minimum absolute atomic E-state index is 0.133. The zero-order valence-electron chi connectivity index (χ0n) is 11.6. The molecule has 1 heterocycles. The minimum atomic E-state index is -0.675. The molecule has 0 unspecified atom stereocenters. The number of benzene rings is 2. The van der Waals surface area contributed by atoms with Gasteiger partial charge in [-0.25, -0.2) is 4.39 Å². The fourth-order valence-corrected chi connectivity index (χ4v) is 2.69. The molecule has 0 saturated carbocycles. The summed E-state index contributed by atoms with van der Waals surface area (Å²) >= 11 is 6.04. The fraction of sp³-hybridized carbons (Fsp3) is 0.125. The van der Waals surface area contributed by atoms with E-state index in [1.54, 1.807) is 18.2 Å². The van der Waals surface area contributed by atoms with Crippen LogP contribution in [-0.2, 0) is 11.3 Å². The van der Waals surface area contributed by atoms with Crippen LogP contribution in [-0.4, -0.2) is 18.8 Å². The highest BCUT2D eigenvalue weighted by atomic mass is 35.5. The molecule has 2 aromatic rings. The maximum absolute atomic E-state index is 13.0. The molecular weight excluding hydrogens is 309 g/mol. The summed E-state index contributed by atoms with van der Waals surface area (Å²) in [4.78, 5) is 25.7. The Labute approximate surface area is 131 Å². The van der Waals surface area contributed by atoms with Gasteiger partial charge in [-0.3, -0.25) is 14.5 Å². The molecule has 0 aromatic heterocycles. The summed E-state index contributed by atoms with van der Waals surface area (Å²) in [6, 6.07) is 8.84. The highest BCUT2D eigenvalue weighted by molar-refractivity contribution is 6.55. The predicted octanol–water partition coefficient (Wildman–Crippen LogP) is 3.22. The van der Waals surface area contributed by atoms with E-state index < -0.39 is 11.7 Å². The smallest absolute Gasteiger partial charge is 0.299 e. The Kier molecular flexibility index (Phi) is 3.58. The van der Waals surface area contributed by atoms with Gasteiger partial charge >= 0.3 is 0 Å². The van der Waals surface area contributed by atoms with E-state index in [0.717, 1.165) is 0 Å². The number of carbonyl (C=O) groups excluding carboxylic acids is 2. The van der Waals surface area contributed by atoms with E-state index in [2.05, 4.69) is 0 Å². The van der Waals surface area contributed by atoms with Crippen molar-refractivity contribution in [1.29, 1.82) is 0 Å². The summed E-state index contributed by atoms with van der Waals surface area (Å²) in [5, 5.41) is 0.204. The van der Waals surface area contributed by atoms with E-state index in [1.165, 1.54) is 30.2 Å². The number of carbonyl (C=O) groups is 2. The fourth-order valence-electron chi connectivity index (χ4n) is 2.45. The number of methoxy groups -OCH3 is 1. The first-order valence-corrected chi connectivity index (χ1v) is 6.88. The lowest BCUT2D eigenvalue weighted by molar-refractivity contribution is -0.114. The van der Waals surface area contributed by atoms with E-state index in [1.807, 2.05) is 0 Å². The molecule has 0 spiro atoms. The van der Waals surface area contributed by atoms with Crippen LogP contribution in [0.3, 0.4) is 0 Å². The molecule has 112 valence electrons. The van der Waals surface area contributed by atoms with E-state index in [9.17, 15) is 14.0 Å². The van der Waals surface area contributed by atoms with Gasteiger partial charge in [0.25, 0.3) is 11.7 Å². The van der Waals surface area contributed by atoms with Gasteiger partial charge in [0.15, 0.2) is 0 Å². The third-order valence-corrected chi connectivity index (χ3v) is 3.82. The summed E-state index contributed by atoms with van der Waals surface area (Å²) in [5.41, 5.74) is 1.19. The number of rotatable bonds is 3. The zero-order valence-corrected chi connectivity index (χ0v) is 12.4. The maximum atomic E-state index is 13.0. The van der Waals surface area contributed by atoms with Crippen molar-refractivity contribution in [3.8, 4) is 5.75 Å². The molecule has 0 saturated heterocycles. The summed E-state index contributed by atoms with van der Waals surface area (Å²) in [7, 11) is 1.45. The number of amides is 1. The molecule has 1 amide bonds. The SMILES string of the molecule is COc1ccc(Cl)c2c1N(Cc1ccc(F)cc1)C(=O)C2=O. The number of hydrogen-bond donors (Lipinski definition) is 0. The molecule has 1 aliphatic heterocycles. The number of Topliss-reactive ketones (excluding diaryl/α,β-unsaturated/α-hetero) is 1. The second kappa shape index (κ2) is 5.42. The van der Waals surface area contributed by atoms with Gasteiger partial charge in [0.1, 0.15) is 11.6 Å². The molecule has 4 nitrogen and oxygen atoms in total. The quantitative estimate of drug-likeness (QED) is 0.816. The van der Waals surface area contributed by atoms with E-state index in [4.69, 9.17) is 16.3 Å². The van der Waals surface area contributed by atoms with Gasteiger partial charge in [0, 0.05) is 0 Å². The summed E-state index contributed by atoms with van der Waals surface area (Å²) in [6.45, 7) is 0.133. The molecular formula is C16H11ClFNO3. The van der Waals surface area contributed by atoms with Crippen molar-refractivity contribution in [3.05, 3.63) is 58.4 Å². The topological polar surface area (TPSA) is 46.6 Å². The summed E-state index contributed by atoms with van der Waals surface area (Å²) in [6.07, 6.45) is 0. The van der Waals surface area contributed by atoms with Crippen LogP contribution in [0.4, 0.5) is 10.1 Å². The van der Waals surface area contributed by atoms with Gasteiger partial charge in [-0.15, -0.1) is 0 Å². The van der Waals surface area contributed by atoms with Crippen molar-refractivity contribution in [2.45, 2.75) is 6.54 Å². The van der Waals surface area contributed by atoms with Crippen LogP contribution in [0.5, 0.6) is 5.75 Å². The lowest BCUT2D eigenvalue weighted by Crippen LogP contribution is -2.29. The Hall–Kier alpha value is -2.40. The van der Waals surface area contributed by atoms with Crippen LogP contribution in [0.2, 0.25) is 5.02 Å². The van der Waals surface area contributed by atoms with Crippen molar-refractivity contribution in [1.82, 2.24) is 0 Å². The molecule has 22 heavy (non-hydrogen) atoms. The molecule has 3 rings (SSSR count). The largest absolute Gasteiger partial charge is 0.495 e. The van der Waals surface area contributed by atoms with Gasteiger partial charge in [-0.2, -0.15) is 0 Å². The average Bonchev–Trinajstić information content (AvgIpc) is 2.76. The minimum Gasteiger partial charge on any atom is -0.495 e. The average molecular weight is 320 g/mol. The molecule has 0 atom stereocenters. The van der Waals surface area contributed by atoms with Crippen molar-refractivity contribution in [2.75, 3.05) is 12.0 Å². The number of halogens is 2. The highest BCUT2D eigenvalue weighted by Gasteiger charge is 2.40. The first-order valence-electron chi connectivity index (χ1n) is 6.50. The summed E-state index contributed by atoms with van der Waals surface area (Å²) < 4.78 is 18.2. The lowest BCUT2D eigenvalue weighted by atomic mass is 10.1. The van der Waals surface area contributed by atoms with Crippen LogP contribution < -0.4 is 9.64 Å². The number of nitrogens with zero attached hydrogens (tertiary/aromatic N) is 1. The van der Waals surface area contributed by atoms with E-state index in [-0.39, 0.29) is 22.9 Å². The van der Waals surface area contributed by atoms with E-state index in [0.29, 0.717) is 17.0 Å². The standard InChI is InChI=1S/C16H11ClFNO3/c1-22-12-7-6-11(17)13-14(12)19(16(21)15(13)20)8-9-2-4-10(18)5-3-9/h2-7H,8H2,1H3. The molecule has 1 aliphatic rings. The van der Waals surface area contributed by atoms with Crippen LogP contribution in [0.1, 0.15) is 15.9 Å². The number of ketones is 1. The van der Waals surface area contributed by atoms with Crippen molar-refractivity contribution in [2.24, 2.45) is 0 Å². The highest BCUT2D eigenvalue weighted by Crippen LogP contribution is 2.42. The monoisotopic (exact) mass is 319 g/mol. The predicted molar refractivity (Wildman–Crippen MR) is 79.9 cm³/mol. The molecule has 6 heteroatoms. The van der Waals surface area contributed by atoms with Gasteiger partial charge in [0.05, 0.1) is 29.9 Å². The Bertz CT molecular complexity index is 774. The van der Waals surface area contributed by atoms with Crippen LogP contribution in [0.25, 0.3) is 0 Å². The van der Waals surface area contributed by atoms with Gasteiger partial charge in [0.2, 0.25) is 0 Å². The molecule has 0 fully saturated rings. The van der Waals surface area contributed by atoms with Gasteiger partial charge < -0.3 is 4.74 Å². The zero-order chi connectivity index (χ0) is 15.9. The third-order valence-electron chi connectivity index (χ3n) is 3.50. The second-order valence-electron chi connectivity index (χ2n) is 4.82. The maximum Gasteiger partial charge on any atom is 0.299 e. The summed E-state index contributed by atoms with van der Waals surface area (Å²) in [5.74, 6) is -1.32. The third kappa shape index (κ3) is 2.23. The molecule has 0 aliphatic carbocycles. The molecule has 0 N–H and O–H groups in total. The number of fused-ring (bicyclic) bond motifs is 1. The number of ether oxygens (including phenoxy) is 1. The van der Waals surface area contributed by atoms with Gasteiger partial charge in [-0.05, 0) is 29.8 Å². The number of anilines is 1. The first kappa shape index (κ1) is 14.5. The van der Waals surface area contributed by atoms with Crippen molar-refractivity contribution in [3.63, 3.8) is 0 Å². The second-order valence-corrected chi connectivity index (χ2v) is 5.23. The normalized spacial score (nSPS) is 13.5. The lowest BCUT2D eigenvalue weighted by Gasteiger charge is -2.19. The Morgan fingerprint density at radius 1 is 1.14 bits per heavy atom. The Balaban J connectivity index is 2.07. The Morgan fingerprint density at radius 2 is 1.82 bits per heavy atom. The van der Waals surface area contributed by atoms with Crippen molar-refractivity contribution >= 4 is 29.0 Å². The molecule has 0 bridgehead atoms. The van der Waals surface area contributed by atoms with Gasteiger partial charge in [-0.1, -0.05) is 23.7 Å². The Morgan fingerprint density at radius 3 is 2.45 bits per heavy atom. The van der Waals surface area contributed by atoms with E-state index >= 15 is 0 Å².